The number of urea groups is 1. The van der Waals surface area contributed by atoms with Gasteiger partial charge in [0.15, 0.2) is 12.3 Å². The van der Waals surface area contributed by atoms with Gasteiger partial charge in [0.1, 0.15) is 0 Å². The SMILES string of the molecule is CC[N+]1=C(C2CCN(CC[C@H](NC(=O)NS(=O)(=O)c3ccccc3)c3ccccc3)CC2)CC(Cc2ccccc2)=N1. The van der Waals surface area contributed by atoms with Gasteiger partial charge in [-0.05, 0) is 67.6 Å². The minimum Gasteiger partial charge on any atom is -0.330 e. The fourth-order valence-corrected chi connectivity index (χ4v) is 6.84. The summed E-state index contributed by atoms with van der Waals surface area (Å²) in [5, 5.41) is 7.86. The number of amides is 2. The van der Waals surface area contributed by atoms with Gasteiger partial charge in [-0.25, -0.2) is 17.9 Å². The Kier molecular flexibility index (Phi) is 9.81. The molecule has 0 aliphatic carbocycles. The van der Waals surface area contributed by atoms with E-state index in [1.54, 1.807) is 18.2 Å². The van der Waals surface area contributed by atoms with Gasteiger partial charge >= 0.3 is 6.03 Å². The maximum atomic E-state index is 12.8. The molecule has 1 fully saturated rings. The Bertz CT molecular complexity index is 1500. The van der Waals surface area contributed by atoms with E-state index in [2.05, 4.69) is 50.8 Å². The summed E-state index contributed by atoms with van der Waals surface area (Å²) in [5.41, 5.74) is 4.94. The van der Waals surface area contributed by atoms with E-state index in [4.69, 9.17) is 5.10 Å². The van der Waals surface area contributed by atoms with Gasteiger partial charge in [-0.3, -0.25) is 0 Å². The molecule has 0 aromatic heterocycles. The lowest BCUT2D eigenvalue weighted by Gasteiger charge is -2.32. The van der Waals surface area contributed by atoms with Crippen LogP contribution in [-0.4, -0.2) is 61.6 Å². The Labute approximate surface area is 249 Å². The molecule has 0 spiro atoms. The lowest BCUT2D eigenvalue weighted by molar-refractivity contribution is -0.529. The zero-order valence-electron chi connectivity index (χ0n) is 24.2. The first-order valence-electron chi connectivity index (χ1n) is 14.8. The highest BCUT2D eigenvalue weighted by Gasteiger charge is 2.34. The number of hydrogen-bond donors (Lipinski definition) is 2. The smallest absolute Gasteiger partial charge is 0.329 e. The maximum absolute atomic E-state index is 12.8. The van der Waals surface area contributed by atoms with Crippen LogP contribution in [0.5, 0.6) is 0 Å². The van der Waals surface area contributed by atoms with Crippen LogP contribution in [0.15, 0.2) is 101 Å². The van der Waals surface area contributed by atoms with Crippen molar-refractivity contribution >= 4 is 27.5 Å². The van der Waals surface area contributed by atoms with Crippen molar-refractivity contribution in [1.29, 1.82) is 0 Å². The highest BCUT2D eigenvalue weighted by atomic mass is 32.2. The van der Waals surface area contributed by atoms with E-state index >= 15 is 0 Å². The zero-order chi connectivity index (χ0) is 29.4. The van der Waals surface area contributed by atoms with Crippen molar-refractivity contribution in [3.8, 4) is 0 Å². The van der Waals surface area contributed by atoms with E-state index < -0.39 is 16.1 Å². The Balaban J connectivity index is 1.15. The molecular formula is C33H40N5O3S+. The number of nitrogens with one attached hydrogen (secondary N) is 2. The average Bonchev–Trinajstić information content (AvgIpc) is 3.43. The third-order valence-electron chi connectivity index (χ3n) is 8.11. The van der Waals surface area contributed by atoms with Crippen molar-refractivity contribution in [3.63, 3.8) is 0 Å². The first-order chi connectivity index (χ1) is 20.4. The van der Waals surface area contributed by atoms with Crippen LogP contribution in [0.1, 0.15) is 49.8 Å². The first-order valence-corrected chi connectivity index (χ1v) is 16.3. The second-order valence-electron chi connectivity index (χ2n) is 11.0. The van der Waals surface area contributed by atoms with Gasteiger partial charge in [0.2, 0.25) is 0 Å². The fourth-order valence-electron chi connectivity index (χ4n) is 5.91. The number of carbonyl (C=O) groups is 1. The standard InChI is InChI=1S/C33H39N5O3S/c1-2-38-32(25-29(35-38)24-26-12-6-3-7-13-26)28-18-21-37(22-19-28)23-20-31(27-14-8-4-9-15-27)34-33(39)36-42(40,41)30-16-10-5-11-17-30/h3-17,28,31H,2,18-25H2,1H3,(H-,34,36,39)/p+1/t31-/m0/s1. The predicted molar refractivity (Wildman–Crippen MR) is 166 cm³/mol. The number of nitrogens with zero attached hydrogens (tertiary/aromatic N) is 3. The average molecular weight is 587 g/mol. The van der Waals surface area contributed by atoms with E-state index in [1.807, 2.05) is 36.4 Å². The van der Waals surface area contributed by atoms with Crippen LogP contribution in [0.4, 0.5) is 4.79 Å². The van der Waals surface area contributed by atoms with Crippen LogP contribution >= 0.6 is 0 Å². The highest BCUT2D eigenvalue weighted by molar-refractivity contribution is 7.90. The largest absolute Gasteiger partial charge is 0.330 e. The van der Waals surface area contributed by atoms with Crippen LogP contribution in [0.2, 0.25) is 0 Å². The van der Waals surface area contributed by atoms with Crippen LogP contribution < -0.4 is 10.0 Å². The molecule has 0 unspecified atom stereocenters. The summed E-state index contributed by atoms with van der Waals surface area (Å²) < 4.78 is 29.7. The molecule has 2 aliphatic heterocycles. The molecule has 2 heterocycles. The number of rotatable bonds is 11. The second kappa shape index (κ2) is 13.9. The molecule has 1 atom stereocenters. The number of hydrazone groups is 1. The van der Waals surface area contributed by atoms with Gasteiger partial charge in [0.05, 0.1) is 23.1 Å². The lowest BCUT2D eigenvalue weighted by Crippen LogP contribution is -2.43. The number of carbonyl (C=O) groups excluding carboxylic acids is 1. The summed E-state index contributed by atoms with van der Waals surface area (Å²) >= 11 is 0. The molecule has 220 valence electrons. The fraction of sp³-hybridized carbons (Fsp3) is 0.364. The molecule has 2 N–H and O–H groups in total. The minimum atomic E-state index is -3.95. The molecule has 42 heavy (non-hydrogen) atoms. The van der Waals surface area contributed by atoms with Gasteiger partial charge in [-0.2, -0.15) is 0 Å². The number of piperidine rings is 1. The Morgan fingerprint density at radius 2 is 1.57 bits per heavy atom. The molecule has 3 aromatic rings. The van der Waals surface area contributed by atoms with Crippen LogP contribution in [-0.2, 0) is 16.4 Å². The molecular weight excluding hydrogens is 546 g/mol. The van der Waals surface area contributed by atoms with E-state index in [1.165, 1.54) is 29.1 Å². The summed E-state index contributed by atoms with van der Waals surface area (Å²) in [6.07, 6.45) is 4.69. The Morgan fingerprint density at radius 1 is 0.952 bits per heavy atom. The van der Waals surface area contributed by atoms with Gasteiger partial charge in [0, 0.05) is 18.9 Å². The summed E-state index contributed by atoms with van der Waals surface area (Å²) in [7, 11) is -3.95. The van der Waals surface area contributed by atoms with Crippen molar-refractivity contribution < 1.29 is 17.9 Å². The molecule has 8 nitrogen and oxygen atoms in total. The molecule has 0 bridgehead atoms. The van der Waals surface area contributed by atoms with E-state index in [9.17, 15) is 13.2 Å². The molecule has 5 rings (SSSR count). The van der Waals surface area contributed by atoms with Crippen molar-refractivity contribution in [1.82, 2.24) is 14.9 Å². The number of hydrogen-bond acceptors (Lipinski definition) is 5. The van der Waals surface area contributed by atoms with Crippen LogP contribution in [0, 0.1) is 5.92 Å². The molecule has 0 saturated carbocycles. The van der Waals surface area contributed by atoms with Gasteiger partial charge in [-0.1, -0.05) is 83.5 Å². The van der Waals surface area contributed by atoms with Crippen LogP contribution in [0.25, 0.3) is 0 Å². The highest BCUT2D eigenvalue weighted by Crippen LogP contribution is 2.25. The summed E-state index contributed by atoms with van der Waals surface area (Å²) in [4.78, 5) is 15.3. The quantitative estimate of drug-likeness (QED) is 0.310. The molecule has 3 aromatic carbocycles. The summed E-state index contributed by atoms with van der Waals surface area (Å²) in [5.74, 6) is 0.523. The molecule has 2 aliphatic rings. The van der Waals surface area contributed by atoms with E-state index in [0.717, 1.165) is 57.4 Å². The monoisotopic (exact) mass is 586 g/mol. The van der Waals surface area contributed by atoms with Crippen molar-refractivity contribution in [2.45, 2.75) is 50.0 Å². The van der Waals surface area contributed by atoms with Crippen molar-refractivity contribution in [3.05, 3.63) is 102 Å². The first kappa shape index (κ1) is 29.7. The topological polar surface area (TPSA) is 93.9 Å². The summed E-state index contributed by atoms with van der Waals surface area (Å²) in [6, 6.07) is 27.1. The third-order valence-corrected chi connectivity index (χ3v) is 9.46. The third kappa shape index (κ3) is 7.72. The number of benzene rings is 3. The predicted octanol–water partition coefficient (Wildman–Crippen LogP) is 4.99. The molecule has 0 radical (unpaired) electrons. The lowest BCUT2D eigenvalue weighted by atomic mass is 9.88. The normalized spacial score (nSPS) is 17.1. The van der Waals surface area contributed by atoms with E-state index in [0.29, 0.717) is 12.3 Å². The number of sulfonamides is 1. The maximum Gasteiger partial charge on any atom is 0.329 e. The Hall–Kier alpha value is -3.82. The van der Waals surface area contributed by atoms with Gasteiger partial charge in [-0.15, -0.1) is 0 Å². The Morgan fingerprint density at radius 3 is 2.21 bits per heavy atom. The van der Waals surface area contributed by atoms with Gasteiger partial charge < -0.3 is 10.2 Å². The van der Waals surface area contributed by atoms with Crippen LogP contribution in [0.3, 0.4) is 0 Å². The zero-order valence-corrected chi connectivity index (χ0v) is 25.0. The second-order valence-corrected chi connectivity index (χ2v) is 12.7. The molecule has 2 amide bonds. The number of likely N-dealkylation sites (tertiary alicyclic amines) is 1. The van der Waals surface area contributed by atoms with Crippen molar-refractivity contribution in [2.24, 2.45) is 11.0 Å². The van der Waals surface area contributed by atoms with Gasteiger partial charge in [0.25, 0.3) is 10.0 Å². The molecule has 1 saturated heterocycles. The molecule has 9 heteroatoms. The summed E-state index contributed by atoms with van der Waals surface area (Å²) in [6.45, 7) is 5.83. The van der Waals surface area contributed by atoms with Crippen molar-refractivity contribution in [2.75, 3.05) is 26.2 Å². The minimum absolute atomic E-state index is 0.0543. The van der Waals surface area contributed by atoms with E-state index in [-0.39, 0.29) is 10.9 Å².